The van der Waals surface area contributed by atoms with Crippen molar-refractivity contribution in [2.24, 2.45) is 0 Å². The zero-order chi connectivity index (χ0) is 30.9. The number of thiazole rings is 1. The first-order valence-corrected chi connectivity index (χ1v) is 16.6. The fourth-order valence-corrected chi connectivity index (χ4v) is 8.06. The number of rotatable bonds is 7. The van der Waals surface area contributed by atoms with Crippen molar-refractivity contribution >= 4 is 38.7 Å². The lowest BCUT2D eigenvalue weighted by Gasteiger charge is -2.23. The Morgan fingerprint density at radius 1 is 1.09 bits per heavy atom. The van der Waals surface area contributed by atoms with E-state index in [9.17, 15) is 9.18 Å². The van der Waals surface area contributed by atoms with Crippen LogP contribution in [0.1, 0.15) is 28.6 Å². The number of carbonyl (C=O) groups excluding carboxylic acids is 1. The molecule has 0 saturated heterocycles. The van der Waals surface area contributed by atoms with Crippen molar-refractivity contribution in [3.8, 4) is 50.7 Å². The molecule has 7 nitrogen and oxygen atoms in total. The second-order valence-corrected chi connectivity index (χ2v) is 13.0. The fraction of sp³-hybridized carbons (Fsp3) is 0.286. The Labute approximate surface area is 269 Å². The Hall–Kier alpha value is -4.14. The molecule has 1 N–H and O–H groups in total. The molecule has 0 spiro atoms. The minimum atomic E-state index is -0.382. The number of hydrogen-bond acceptors (Lipinski definition) is 8. The van der Waals surface area contributed by atoms with Gasteiger partial charge in [0.25, 0.3) is 5.91 Å². The second-order valence-electron chi connectivity index (χ2n) is 11.0. The molecule has 5 heterocycles. The fourth-order valence-electron chi connectivity index (χ4n) is 5.99. The SMILES string of the molecule is CC#CC(=O)N1CCc2nc(-c3nc(-c4ccc5c(c4)CCNC5)c4ccsc4c3-c3ccc(F)cc3OCCOC)sc2C1. The van der Waals surface area contributed by atoms with Crippen molar-refractivity contribution in [3.05, 3.63) is 75.4 Å². The summed E-state index contributed by atoms with van der Waals surface area (Å²) in [7, 11) is 1.61. The van der Waals surface area contributed by atoms with Crippen molar-refractivity contribution in [2.75, 3.05) is 33.4 Å². The molecule has 1 amide bonds. The van der Waals surface area contributed by atoms with Gasteiger partial charge in [-0.3, -0.25) is 4.79 Å². The predicted octanol–water partition coefficient (Wildman–Crippen LogP) is 6.47. The number of nitrogens with zero attached hydrogens (tertiary/aromatic N) is 3. The van der Waals surface area contributed by atoms with E-state index in [1.165, 1.54) is 23.3 Å². The number of amides is 1. The summed E-state index contributed by atoms with van der Waals surface area (Å²) in [6.45, 7) is 5.17. The number of nitrogens with one attached hydrogen (secondary N) is 1. The molecule has 3 aromatic heterocycles. The Kier molecular flexibility index (Phi) is 8.34. The van der Waals surface area contributed by atoms with Gasteiger partial charge in [-0.05, 0) is 66.6 Å². The molecule has 0 fully saturated rings. The Bertz CT molecular complexity index is 1990. The lowest BCUT2D eigenvalue weighted by atomic mass is 9.94. The van der Waals surface area contributed by atoms with E-state index < -0.39 is 0 Å². The Morgan fingerprint density at radius 2 is 2.00 bits per heavy atom. The molecule has 0 unspecified atom stereocenters. The molecule has 0 bridgehead atoms. The molecule has 0 saturated carbocycles. The molecule has 228 valence electrons. The molecule has 0 aliphatic carbocycles. The normalized spacial score (nSPS) is 14.1. The first-order chi connectivity index (χ1) is 22.0. The number of aromatic nitrogens is 2. The summed E-state index contributed by atoms with van der Waals surface area (Å²) in [6, 6.07) is 13.4. The minimum Gasteiger partial charge on any atom is -0.490 e. The third-order valence-corrected chi connectivity index (χ3v) is 10.2. The summed E-state index contributed by atoms with van der Waals surface area (Å²) in [6.07, 6.45) is 1.61. The van der Waals surface area contributed by atoms with Crippen LogP contribution in [0, 0.1) is 17.7 Å². The minimum absolute atomic E-state index is 0.175. The van der Waals surface area contributed by atoms with Gasteiger partial charge in [0.05, 0.1) is 24.5 Å². The van der Waals surface area contributed by atoms with E-state index in [0.717, 1.165) is 67.6 Å². The number of halogens is 1. The van der Waals surface area contributed by atoms with Gasteiger partial charge in [-0.25, -0.2) is 14.4 Å². The maximum Gasteiger partial charge on any atom is 0.298 e. The van der Waals surface area contributed by atoms with Crippen LogP contribution in [-0.4, -0.2) is 54.2 Å². The van der Waals surface area contributed by atoms with E-state index in [1.807, 2.05) is 0 Å². The highest BCUT2D eigenvalue weighted by atomic mass is 32.1. The van der Waals surface area contributed by atoms with Gasteiger partial charge in [0.2, 0.25) is 0 Å². The van der Waals surface area contributed by atoms with Crippen molar-refractivity contribution in [3.63, 3.8) is 0 Å². The second kappa shape index (κ2) is 12.7. The molecule has 5 aromatic rings. The molecule has 0 radical (unpaired) electrons. The van der Waals surface area contributed by atoms with Crippen molar-refractivity contribution in [1.82, 2.24) is 20.2 Å². The lowest BCUT2D eigenvalue weighted by Crippen LogP contribution is -2.34. The topological polar surface area (TPSA) is 76.6 Å². The van der Waals surface area contributed by atoms with Gasteiger partial charge in [-0.1, -0.05) is 18.1 Å². The van der Waals surface area contributed by atoms with Gasteiger partial charge in [0, 0.05) is 64.3 Å². The number of hydrogen-bond donors (Lipinski definition) is 1. The van der Waals surface area contributed by atoms with Crippen LogP contribution in [0.4, 0.5) is 4.39 Å². The van der Waals surface area contributed by atoms with Crippen molar-refractivity contribution in [2.45, 2.75) is 32.9 Å². The number of ether oxygens (including phenoxy) is 2. The van der Waals surface area contributed by atoms with Crippen LogP contribution in [-0.2, 0) is 35.5 Å². The number of benzene rings is 2. The van der Waals surface area contributed by atoms with Gasteiger partial charge >= 0.3 is 0 Å². The summed E-state index contributed by atoms with van der Waals surface area (Å²) in [5, 5.41) is 7.31. The van der Waals surface area contributed by atoms with Crippen LogP contribution in [0.2, 0.25) is 0 Å². The first kappa shape index (κ1) is 29.6. The predicted molar refractivity (Wildman–Crippen MR) is 177 cm³/mol. The maximum absolute atomic E-state index is 14.6. The van der Waals surface area contributed by atoms with E-state index in [0.29, 0.717) is 37.6 Å². The lowest BCUT2D eigenvalue weighted by molar-refractivity contribution is -0.125. The number of methoxy groups -OCH3 is 1. The van der Waals surface area contributed by atoms with Gasteiger partial charge in [0.1, 0.15) is 28.9 Å². The third-order valence-electron chi connectivity index (χ3n) is 8.19. The van der Waals surface area contributed by atoms with Crippen LogP contribution in [0.5, 0.6) is 5.75 Å². The number of thiophene rings is 1. The van der Waals surface area contributed by atoms with E-state index >= 15 is 0 Å². The van der Waals surface area contributed by atoms with Crippen molar-refractivity contribution < 1.29 is 18.7 Å². The highest BCUT2D eigenvalue weighted by molar-refractivity contribution is 7.18. The molecule has 2 aromatic carbocycles. The van der Waals surface area contributed by atoms with Crippen LogP contribution in [0.25, 0.3) is 43.2 Å². The van der Waals surface area contributed by atoms with Crippen molar-refractivity contribution in [1.29, 1.82) is 0 Å². The highest BCUT2D eigenvalue weighted by Gasteiger charge is 2.28. The van der Waals surface area contributed by atoms with Gasteiger partial charge in [-0.15, -0.1) is 22.7 Å². The van der Waals surface area contributed by atoms with E-state index in [-0.39, 0.29) is 18.3 Å². The van der Waals surface area contributed by atoms with Crippen LogP contribution in [0.3, 0.4) is 0 Å². The number of carbonyl (C=O) groups is 1. The van der Waals surface area contributed by atoms with Gasteiger partial charge < -0.3 is 19.7 Å². The summed E-state index contributed by atoms with van der Waals surface area (Å²) in [5.74, 6) is 5.25. The third kappa shape index (κ3) is 5.73. The summed E-state index contributed by atoms with van der Waals surface area (Å²) in [4.78, 5) is 25.9. The highest BCUT2D eigenvalue weighted by Crippen LogP contribution is 2.47. The maximum atomic E-state index is 14.6. The summed E-state index contributed by atoms with van der Waals surface area (Å²) in [5.41, 5.74) is 7.88. The Morgan fingerprint density at radius 3 is 2.87 bits per heavy atom. The molecule has 7 rings (SSSR count). The zero-order valence-electron chi connectivity index (χ0n) is 25.0. The standard InChI is InChI=1S/C35H31FN4O3S2/c1-3-4-30(41)40-13-10-27-29(20-40)45-35(38-27)33-31(25-8-7-24(36)18-28(25)43-15-14-42-2)34-26(11-16-44-34)32(39-33)22-5-6-23-19-37-12-9-21(23)17-22/h5-8,11,16-18,37H,9-10,12-15,19-20H2,1-2H3. The molecule has 10 heteroatoms. The molecular weight excluding hydrogens is 608 g/mol. The Balaban J connectivity index is 1.43. The molecule has 2 aliphatic rings. The summed E-state index contributed by atoms with van der Waals surface area (Å²) >= 11 is 3.18. The summed E-state index contributed by atoms with van der Waals surface area (Å²) < 4.78 is 26.9. The van der Waals surface area contributed by atoms with Crippen LogP contribution in [0.15, 0.2) is 47.8 Å². The first-order valence-electron chi connectivity index (χ1n) is 14.9. The molecular formula is C35H31FN4O3S2. The monoisotopic (exact) mass is 638 g/mol. The largest absolute Gasteiger partial charge is 0.490 e. The number of fused-ring (bicyclic) bond motifs is 3. The van der Waals surface area contributed by atoms with Crippen LogP contribution < -0.4 is 10.1 Å². The van der Waals surface area contributed by atoms with Gasteiger partial charge in [-0.2, -0.15) is 0 Å². The van der Waals surface area contributed by atoms with Crippen LogP contribution >= 0.6 is 22.7 Å². The quantitative estimate of drug-likeness (QED) is 0.163. The average Bonchev–Trinajstić information content (AvgIpc) is 3.72. The number of pyridine rings is 1. The zero-order valence-corrected chi connectivity index (χ0v) is 26.7. The van der Waals surface area contributed by atoms with E-state index in [4.69, 9.17) is 19.4 Å². The molecule has 45 heavy (non-hydrogen) atoms. The van der Waals surface area contributed by atoms with E-state index in [1.54, 1.807) is 47.7 Å². The molecule has 2 aliphatic heterocycles. The smallest absolute Gasteiger partial charge is 0.298 e. The van der Waals surface area contributed by atoms with E-state index in [2.05, 4.69) is 46.8 Å². The van der Waals surface area contributed by atoms with Gasteiger partial charge in [0.15, 0.2) is 0 Å². The average molecular weight is 639 g/mol. The molecule has 0 atom stereocenters.